The zero-order valence-electron chi connectivity index (χ0n) is 23.4. The summed E-state index contributed by atoms with van der Waals surface area (Å²) in [4.78, 5) is 0. The second kappa shape index (κ2) is 14.4. The molecule has 34 heavy (non-hydrogen) atoms. The van der Waals surface area contributed by atoms with Gasteiger partial charge in [0.25, 0.3) is 0 Å². The summed E-state index contributed by atoms with van der Waals surface area (Å²) in [5.74, 6) is -0.806. The first-order chi connectivity index (χ1) is 15.9. The van der Waals surface area contributed by atoms with Gasteiger partial charge in [-0.25, -0.2) is 0 Å². The molecule has 4 nitrogen and oxygen atoms in total. The highest BCUT2D eigenvalue weighted by molar-refractivity contribution is 14.1. The number of methoxy groups -OCH3 is 1. The predicted molar refractivity (Wildman–Crippen MR) is 160 cm³/mol. The monoisotopic (exact) mass is 624 g/mol. The highest BCUT2D eigenvalue weighted by Gasteiger charge is 2.56. The van der Waals surface area contributed by atoms with E-state index in [-0.39, 0.29) is 12.2 Å². The molecule has 0 aromatic heterocycles. The summed E-state index contributed by atoms with van der Waals surface area (Å²) in [6, 6.07) is 3.40. The second-order valence-corrected chi connectivity index (χ2v) is 21.3. The molecule has 0 aromatic rings. The molecule has 0 aromatic carbocycles. The average molecular weight is 625 g/mol. The van der Waals surface area contributed by atoms with Crippen molar-refractivity contribution in [2.75, 3.05) is 11.5 Å². The van der Waals surface area contributed by atoms with Gasteiger partial charge in [-0.15, -0.1) is 6.58 Å². The minimum Gasteiger partial charge on any atom is -0.411 e. The van der Waals surface area contributed by atoms with Gasteiger partial charge in [0.15, 0.2) is 22.4 Å². The van der Waals surface area contributed by atoms with E-state index < -0.39 is 28.0 Å². The summed E-state index contributed by atoms with van der Waals surface area (Å²) in [5, 5.41) is 0. The van der Waals surface area contributed by atoms with E-state index in [1.54, 1.807) is 7.11 Å². The van der Waals surface area contributed by atoms with Crippen LogP contribution in [0.15, 0.2) is 24.8 Å². The van der Waals surface area contributed by atoms with Gasteiger partial charge in [-0.05, 0) is 87.6 Å². The summed E-state index contributed by atoms with van der Waals surface area (Å²) < 4.78 is 27.9. The van der Waals surface area contributed by atoms with E-state index in [1.165, 1.54) is 12.0 Å². The Morgan fingerprint density at radius 3 is 2.29 bits per heavy atom. The van der Waals surface area contributed by atoms with Gasteiger partial charge in [0.05, 0.1) is 12.2 Å². The third-order valence-corrected chi connectivity index (χ3v) is 14.0. The molecule has 1 unspecified atom stereocenters. The Bertz CT molecular complexity index is 626. The Hall–Kier alpha value is 0.484. The SMILES string of the molecule is C=CC(CC[C@]1(OC)O[C@H](CC(=C)CCCI)CC[C@@]1(C)O[Si](C)(C)C)O[Si](CC)(CC)CC. The summed E-state index contributed by atoms with van der Waals surface area (Å²) in [6.07, 6.45) is 8.66. The Balaban J connectivity index is 3.15. The normalized spacial score (nSPS) is 26.9. The van der Waals surface area contributed by atoms with Gasteiger partial charge in [-0.1, -0.05) is 61.6 Å². The van der Waals surface area contributed by atoms with Crippen LogP contribution < -0.4 is 0 Å². The fourth-order valence-electron chi connectivity index (χ4n) is 5.34. The maximum atomic E-state index is 6.87. The maximum absolute atomic E-state index is 6.87. The molecule has 0 bridgehead atoms. The summed E-state index contributed by atoms with van der Waals surface area (Å²) in [5.41, 5.74) is 0.783. The number of alkyl halides is 1. The van der Waals surface area contributed by atoms with Crippen LogP contribution in [0.5, 0.6) is 0 Å². The molecule has 1 aliphatic rings. The Labute approximate surface area is 227 Å². The summed E-state index contributed by atoms with van der Waals surface area (Å²) in [7, 11) is -1.79. The van der Waals surface area contributed by atoms with E-state index >= 15 is 0 Å². The van der Waals surface area contributed by atoms with Crippen LogP contribution in [0.1, 0.15) is 72.6 Å². The first-order valence-corrected chi connectivity index (χ1v) is 20.8. The fourth-order valence-corrected chi connectivity index (χ4v) is 10.2. The first kappa shape index (κ1) is 32.5. The lowest BCUT2D eigenvalue weighted by molar-refractivity contribution is -0.344. The highest BCUT2D eigenvalue weighted by atomic mass is 127. The van der Waals surface area contributed by atoms with Crippen molar-refractivity contribution in [1.82, 2.24) is 0 Å². The van der Waals surface area contributed by atoms with Crippen molar-refractivity contribution in [3.8, 4) is 0 Å². The summed E-state index contributed by atoms with van der Waals surface area (Å²) in [6.45, 7) is 24.2. The molecule has 1 heterocycles. The maximum Gasteiger partial charge on any atom is 0.196 e. The van der Waals surface area contributed by atoms with Crippen LogP contribution in [-0.4, -0.2) is 51.8 Å². The molecule has 0 saturated carbocycles. The Morgan fingerprint density at radius 1 is 1.21 bits per heavy atom. The first-order valence-electron chi connectivity index (χ1n) is 13.3. The molecule has 0 amide bonds. The van der Waals surface area contributed by atoms with Crippen molar-refractivity contribution in [2.24, 2.45) is 0 Å². The molecule has 0 N–H and O–H groups in total. The van der Waals surface area contributed by atoms with Crippen molar-refractivity contribution in [1.29, 1.82) is 0 Å². The van der Waals surface area contributed by atoms with Crippen LogP contribution in [0, 0.1) is 0 Å². The van der Waals surface area contributed by atoms with Crippen molar-refractivity contribution >= 4 is 39.2 Å². The van der Waals surface area contributed by atoms with Gasteiger partial charge in [0.1, 0.15) is 5.60 Å². The van der Waals surface area contributed by atoms with Gasteiger partial charge in [-0.3, -0.25) is 0 Å². The lowest BCUT2D eigenvalue weighted by atomic mass is 9.81. The van der Waals surface area contributed by atoms with Gasteiger partial charge in [0, 0.05) is 13.5 Å². The van der Waals surface area contributed by atoms with Gasteiger partial charge >= 0.3 is 0 Å². The quantitative estimate of drug-likeness (QED) is 0.0703. The van der Waals surface area contributed by atoms with Crippen LogP contribution >= 0.6 is 22.6 Å². The largest absolute Gasteiger partial charge is 0.411 e. The third kappa shape index (κ3) is 9.10. The topological polar surface area (TPSA) is 36.9 Å². The van der Waals surface area contributed by atoms with Crippen molar-refractivity contribution in [3.05, 3.63) is 24.8 Å². The van der Waals surface area contributed by atoms with Gasteiger partial charge in [-0.2, -0.15) is 0 Å². The molecule has 0 aliphatic carbocycles. The molecular weight excluding hydrogens is 571 g/mol. The van der Waals surface area contributed by atoms with E-state index in [0.717, 1.165) is 61.1 Å². The average Bonchev–Trinajstić information content (AvgIpc) is 2.79. The molecule has 7 heteroatoms. The number of hydrogen-bond acceptors (Lipinski definition) is 4. The lowest BCUT2D eigenvalue weighted by Gasteiger charge is -2.54. The number of ether oxygens (including phenoxy) is 2. The minimum absolute atomic E-state index is 0.0114. The van der Waals surface area contributed by atoms with Crippen LogP contribution in [0.2, 0.25) is 37.8 Å². The van der Waals surface area contributed by atoms with Crippen LogP contribution in [-0.2, 0) is 18.3 Å². The Morgan fingerprint density at radius 2 is 1.82 bits per heavy atom. The van der Waals surface area contributed by atoms with Crippen LogP contribution in [0.3, 0.4) is 0 Å². The molecule has 0 spiro atoms. The molecular formula is C27H53IO4Si2. The number of halogens is 1. The zero-order valence-corrected chi connectivity index (χ0v) is 27.6. The standard InChI is InChI=1S/C27H53IO4Si2/c1-11-24(31-34(12-2,13-3)14-4)18-20-27(29-7)26(6,32-33(8,9)10)19-17-25(30-27)22-23(5)16-15-21-28/h11,24-25H,1,5,12-22H2,2-4,6-10H3/t24?,25-,26+,27-/m0/s1. The molecule has 0 radical (unpaired) electrons. The lowest BCUT2D eigenvalue weighted by Crippen LogP contribution is -2.64. The van der Waals surface area contributed by atoms with Gasteiger partial charge < -0.3 is 18.3 Å². The van der Waals surface area contributed by atoms with Crippen LogP contribution in [0.25, 0.3) is 0 Å². The molecule has 1 saturated heterocycles. The zero-order chi connectivity index (χ0) is 26.0. The van der Waals surface area contributed by atoms with Crippen LogP contribution in [0.4, 0.5) is 0 Å². The number of rotatable bonds is 17. The summed E-state index contributed by atoms with van der Waals surface area (Å²) >= 11 is 2.44. The number of hydrogen-bond donors (Lipinski definition) is 0. The predicted octanol–water partition coefficient (Wildman–Crippen LogP) is 8.64. The molecule has 1 rings (SSSR count). The second-order valence-electron chi connectivity index (χ2n) is 11.1. The van der Waals surface area contributed by atoms with E-state index in [2.05, 4.69) is 83.1 Å². The van der Waals surface area contributed by atoms with Gasteiger partial charge in [0.2, 0.25) is 0 Å². The van der Waals surface area contributed by atoms with E-state index in [0.29, 0.717) is 0 Å². The van der Waals surface area contributed by atoms with Crippen molar-refractivity contribution in [2.45, 2.75) is 134 Å². The Kier molecular flexibility index (Phi) is 13.8. The highest BCUT2D eigenvalue weighted by Crippen LogP contribution is 2.47. The third-order valence-electron chi connectivity index (χ3n) is 7.50. The fraction of sp³-hybridized carbons (Fsp3) is 0.852. The van der Waals surface area contributed by atoms with E-state index in [9.17, 15) is 0 Å². The molecule has 1 aliphatic heterocycles. The van der Waals surface area contributed by atoms with Crippen molar-refractivity contribution in [3.63, 3.8) is 0 Å². The molecule has 4 atom stereocenters. The molecule has 1 fully saturated rings. The van der Waals surface area contributed by atoms with E-state index in [4.69, 9.17) is 18.3 Å². The molecule has 200 valence electrons. The smallest absolute Gasteiger partial charge is 0.196 e. The van der Waals surface area contributed by atoms with E-state index in [1.807, 2.05) is 6.08 Å². The minimum atomic E-state index is -1.84. The van der Waals surface area contributed by atoms with Crippen molar-refractivity contribution < 1.29 is 18.3 Å².